The van der Waals surface area contributed by atoms with Gasteiger partial charge in [-0.3, -0.25) is 9.59 Å². The summed E-state index contributed by atoms with van der Waals surface area (Å²) in [6.07, 6.45) is 3.62. The van der Waals surface area contributed by atoms with Crippen molar-refractivity contribution >= 4 is 21.9 Å². The molecule has 2 aliphatic carbocycles. The number of carbonyl (C=O) groups excluding carboxylic acids is 1. The van der Waals surface area contributed by atoms with Crippen LogP contribution in [-0.4, -0.2) is 31.4 Å². The lowest BCUT2D eigenvalue weighted by Gasteiger charge is -2.35. The number of nitrogens with one attached hydrogen (secondary N) is 1. The van der Waals surface area contributed by atoms with Crippen molar-refractivity contribution in [2.75, 3.05) is 0 Å². The molecule has 3 rings (SSSR count). The summed E-state index contributed by atoms with van der Waals surface area (Å²) >= 11 is 0. The lowest BCUT2D eigenvalue weighted by molar-refractivity contribution is -0.138. The normalized spacial score (nSPS) is 22.5. The third-order valence-corrected chi connectivity index (χ3v) is 5.75. The van der Waals surface area contributed by atoms with Crippen LogP contribution in [0.3, 0.4) is 0 Å². The van der Waals surface area contributed by atoms with E-state index < -0.39 is 16.0 Å². The van der Waals surface area contributed by atoms with Crippen LogP contribution >= 0.6 is 0 Å². The number of amides is 1. The van der Waals surface area contributed by atoms with Gasteiger partial charge in [-0.2, -0.15) is 0 Å². The zero-order valence-corrected chi connectivity index (χ0v) is 13.9. The largest absolute Gasteiger partial charge is 0.481 e. The number of sulfonamides is 1. The molecular formula is C16H20N2O5S. The number of benzene rings is 1. The van der Waals surface area contributed by atoms with Crippen LogP contribution < -0.4 is 10.5 Å². The van der Waals surface area contributed by atoms with Crippen molar-refractivity contribution < 1.29 is 23.1 Å². The Bertz CT molecular complexity index is 797. The molecule has 0 heterocycles. The van der Waals surface area contributed by atoms with E-state index in [1.54, 1.807) is 6.07 Å². The third-order valence-electron chi connectivity index (χ3n) is 4.78. The van der Waals surface area contributed by atoms with Gasteiger partial charge in [0.05, 0.1) is 4.90 Å². The number of nitrogens with two attached hydrogens (primary N) is 1. The fourth-order valence-electron chi connectivity index (χ4n) is 3.59. The average molecular weight is 352 g/mol. The van der Waals surface area contributed by atoms with Gasteiger partial charge in [0, 0.05) is 18.0 Å². The van der Waals surface area contributed by atoms with Gasteiger partial charge in [0.15, 0.2) is 0 Å². The first-order chi connectivity index (χ1) is 11.2. The average Bonchev–Trinajstić information content (AvgIpc) is 2.90. The molecule has 8 heteroatoms. The van der Waals surface area contributed by atoms with E-state index in [1.165, 1.54) is 6.07 Å². The summed E-state index contributed by atoms with van der Waals surface area (Å²) in [5, 5.41) is 16.9. The predicted octanol–water partition coefficient (Wildman–Crippen LogP) is 0.806. The molecular weight excluding hydrogens is 332 g/mol. The fourth-order valence-corrected chi connectivity index (χ4v) is 4.45. The van der Waals surface area contributed by atoms with E-state index in [4.69, 9.17) is 10.2 Å². The number of carboxylic acids is 1. The second kappa shape index (κ2) is 6.18. The first-order valence-electron chi connectivity index (χ1n) is 7.95. The molecule has 1 aromatic rings. The Morgan fingerprint density at radius 2 is 1.96 bits per heavy atom. The number of aryl methyl sites for hydroxylation is 1. The van der Waals surface area contributed by atoms with Crippen LogP contribution in [0.1, 0.15) is 47.2 Å². The molecule has 7 nitrogen and oxygen atoms in total. The van der Waals surface area contributed by atoms with E-state index in [0.717, 1.165) is 24.0 Å². The Kier molecular flexibility index (Phi) is 4.35. The van der Waals surface area contributed by atoms with E-state index >= 15 is 0 Å². The van der Waals surface area contributed by atoms with Crippen LogP contribution in [0.4, 0.5) is 0 Å². The van der Waals surface area contributed by atoms with Crippen LogP contribution in [-0.2, 0) is 27.7 Å². The maximum Gasteiger partial charge on any atom is 0.303 e. The van der Waals surface area contributed by atoms with Crippen LogP contribution in [0, 0.1) is 5.92 Å². The minimum Gasteiger partial charge on any atom is -0.481 e. The molecule has 0 radical (unpaired) electrons. The summed E-state index contributed by atoms with van der Waals surface area (Å²) in [4.78, 5) is 23.1. The molecule has 2 aliphatic rings. The second-order valence-corrected chi connectivity index (χ2v) is 8.15. The maximum absolute atomic E-state index is 12.4. The first kappa shape index (κ1) is 16.9. The number of aliphatic carboxylic acids is 1. The van der Waals surface area contributed by atoms with Crippen molar-refractivity contribution in [2.24, 2.45) is 11.1 Å². The topological polar surface area (TPSA) is 127 Å². The molecule has 0 aromatic heterocycles. The molecule has 130 valence electrons. The Hall–Kier alpha value is -1.93. The number of carbonyl (C=O) groups is 2. The Labute approximate surface area is 140 Å². The molecule has 0 aliphatic heterocycles. The Balaban J connectivity index is 1.74. The van der Waals surface area contributed by atoms with Gasteiger partial charge in [-0.15, -0.1) is 0 Å². The molecule has 1 saturated carbocycles. The molecule has 0 saturated heterocycles. The highest BCUT2D eigenvalue weighted by molar-refractivity contribution is 7.89. The zero-order chi connectivity index (χ0) is 17.5. The van der Waals surface area contributed by atoms with E-state index in [0.29, 0.717) is 24.8 Å². The lowest BCUT2D eigenvalue weighted by Crippen LogP contribution is -2.44. The monoisotopic (exact) mass is 352 g/mol. The van der Waals surface area contributed by atoms with E-state index in [9.17, 15) is 18.0 Å². The third kappa shape index (κ3) is 3.44. The summed E-state index contributed by atoms with van der Waals surface area (Å²) in [5.74, 6) is -1.08. The minimum atomic E-state index is -3.87. The van der Waals surface area contributed by atoms with E-state index in [1.807, 2.05) is 0 Å². The van der Waals surface area contributed by atoms with Crippen molar-refractivity contribution in [3.8, 4) is 0 Å². The number of hydrogen-bond acceptors (Lipinski definition) is 4. The summed E-state index contributed by atoms with van der Waals surface area (Å²) < 4.78 is 23.6. The summed E-state index contributed by atoms with van der Waals surface area (Å²) in [6.45, 7) is 0. The van der Waals surface area contributed by atoms with Crippen molar-refractivity contribution in [2.45, 2.75) is 49.5 Å². The molecule has 1 amide bonds. The number of primary sulfonamides is 1. The van der Waals surface area contributed by atoms with Crippen LogP contribution in [0.15, 0.2) is 17.0 Å². The van der Waals surface area contributed by atoms with Gasteiger partial charge in [0.25, 0.3) is 5.91 Å². The molecule has 0 atom stereocenters. The van der Waals surface area contributed by atoms with Crippen molar-refractivity contribution in [3.63, 3.8) is 0 Å². The van der Waals surface area contributed by atoms with Gasteiger partial charge in [0.1, 0.15) is 0 Å². The number of hydrogen-bond donors (Lipinski definition) is 3. The number of carboxylic acid groups (broad SMARTS) is 1. The van der Waals surface area contributed by atoms with Crippen LogP contribution in [0.25, 0.3) is 0 Å². The summed E-state index contributed by atoms with van der Waals surface area (Å²) in [6, 6.07) is 3.02. The molecule has 0 unspecified atom stereocenters. The first-order valence-corrected chi connectivity index (χ1v) is 9.50. The fraction of sp³-hybridized carbons (Fsp3) is 0.500. The highest BCUT2D eigenvalue weighted by atomic mass is 32.2. The highest BCUT2D eigenvalue weighted by Gasteiger charge is 2.32. The van der Waals surface area contributed by atoms with Gasteiger partial charge in [-0.05, 0) is 61.3 Å². The van der Waals surface area contributed by atoms with Crippen molar-refractivity contribution in [3.05, 3.63) is 28.8 Å². The minimum absolute atomic E-state index is 0.0417. The maximum atomic E-state index is 12.4. The molecule has 1 aromatic carbocycles. The van der Waals surface area contributed by atoms with E-state index in [-0.39, 0.29) is 29.2 Å². The van der Waals surface area contributed by atoms with Crippen molar-refractivity contribution in [1.29, 1.82) is 0 Å². The Morgan fingerprint density at radius 3 is 2.58 bits per heavy atom. The van der Waals surface area contributed by atoms with Gasteiger partial charge in [0.2, 0.25) is 10.0 Å². The second-order valence-electron chi connectivity index (χ2n) is 6.62. The highest BCUT2D eigenvalue weighted by Crippen LogP contribution is 2.32. The lowest BCUT2D eigenvalue weighted by atomic mass is 9.78. The van der Waals surface area contributed by atoms with Gasteiger partial charge in [-0.1, -0.05) is 0 Å². The van der Waals surface area contributed by atoms with Gasteiger partial charge >= 0.3 is 5.97 Å². The summed E-state index contributed by atoms with van der Waals surface area (Å²) in [7, 11) is -3.87. The molecule has 24 heavy (non-hydrogen) atoms. The predicted molar refractivity (Wildman–Crippen MR) is 86.1 cm³/mol. The summed E-state index contributed by atoms with van der Waals surface area (Å²) in [5.41, 5.74) is 1.88. The molecule has 0 bridgehead atoms. The quantitative estimate of drug-likeness (QED) is 0.722. The molecule has 4 N–H and O–H groups in total. The molecule has 1 fully saturated rings. The van der Waals surface area contributed by atoms with E-state index in [2.05, 4.69) is 5.32 Å². The van der Waals surface area contributed by atoms with Crippen molar-refractivity contribution in [1.82, 2.24) is 5.32 Å². The standard InChI is InChI=1S/C16H20N2O5S/c17-24(22,23)14-8-11(7-10-2-1-3-13(10)14)16(21)18-12-4-9(5-12)6-15(19)20/h7-9,12H,1-6H2,(H,18,21)(H,19,20)(H2,17,22,23). The number of rotatable bonds is 5. The Morgan fingerprint density at radius 1 is 1.25 bits per heavy atom. The van der Waals surface area contributed by atoms with Crippen LogP contribution in [0.5, 0.6) is 0 Å². The molecule has 0 spiro atoms. The van der Waals surface area contributed by atoms with Crippen LogP contribution in [0.2, 0.25) is 0 Å². The SMILES string of the molecule is NS(=O)(=O)c1cc(C(=O)NC2CC(CC(=O)O)C2)cc2c1CCC2. The van der Waals surface area contributed by atoms with Gasteiger partial charge in [-0.25, -0.2) is 13.6 Å². The number of fused-ring (bicyclic) bond motifs is 1. The zero-order valence-electron chi connectivity index (χ0n) is 13.1. The smallest absolute Gasteiger partial charge is 0.303 e. The van der Waals surface area contributed by atoms with Gasteiger partial charge < -0.3 is 10.4 Å².